The number of hydrogen-bond acceptors (Lipinski definition) is 0. The molecule has 1 unspecified atom stereocenters. The second-order valence-electron chi connectivity index (χ2n) is 4.53. The van der Waals surface area contributed by atoms with Gasteiger partial charge in [-0.1, -0.05) is 26.7 Å². The van der Waals surface area contributed by atoms with Gasteiger partial charge < -0.3 is 6.92 Å². The molecule has 0 bridgehead atoms. The Balaban J connectivity index is 0.00000169. The summed E-state index contributed by atoms with van der Waals surface area (Å²) in [6.45, 7) is 10.8. The van der Waals surface area contributed by atoms with Gasteiger partial charge in [-0.3, -0.25) is 0 Å². The number of hydrogen-bond donors (Lipinski definition) is 0. The first kappa shape index (κ1) is 13.9. The molecule has 0 nitrogen and oxygen atoms in total. The molecule has 0 aromatic heterocycles. The summed E-state index contributed by atoms with van der Waals surface area (Å²) in [5.41, 5.74) is 1.56. The molecule has 0 amide bonds. The van der Waals surface area contributed by atoms with Gasteiger partial charge in [-0.05, 0) is 5.41 Å². The van der Waals surface area contributed by atoms with Crippen LogP contribution < -0.4 is 0 Å². The van der Waals surface area contributed by atoms with E-state index in [1.165, 1.54) is 5.56 Å². The molecule has 0 fully saturated rings. The van der Waals surface area contributed by atoms with Crippen molar-refractivity contribution in [2.75, 3.05) is 0 Å². The van der Waals surface area contributed by atoms with Crippen LogP contribution in [0.15, 0.2) is 24.3 Å². The van der Waals surface area contributed by atoms with Crippen LogP contribution in [0.25, 0.3) is 0 Å². The van der Waals surface area contributed by atoms with Crippen molar-refractivity contribution in [3.8, 4) is 0 Å². The SMILES string of the molecule is [CH2-]CC(c1[c-]cccc1)C(C)(C)C.[W+2]. The summed E-state index contributed by atoms with van der Waals surface area (Å²) in [6, 6.07) is 11.5. The smallest absolute Gasteiger partial charge is 0.343 e. The zero-order valence-corrected chi connectivity index (χ0v) is 12.1. The molecular formula is C13H18W. The topological polar surface area (TPSA) is 0 Å². The summed E-state index contributed by atoms with van der Waals surface area (Å²) in [6.07, 6.45) is 0.935. The van der Waals surface area contributed by atoms with Crippen LogP contribution in [0.1, 0.15) is 38.7 Å². The van der Waals surface area contributed by atoms with Crippen LogP contribution in [0.3, 0.4) is 0 Å². The Morgan fingerprint density at radius 1 is 1.36 bits per heavy atom. The second kappa shape index (κ2) is 5.71. The van der Waals surface area contributed by atoms with Crippen LogP contribution in [0.4, 0.5) is 0 Å². The van der Waals surface area contributed by atoms with Gasteiger partial charge in [-0.25, -0.2) is 0 Å². The maximum absolute atomic E-state index is 4.01. The van der Waals surface area contributed by atoms with Crippen molar-refractivity contribution < 1.29 is 21.1 Å². The summed E-state index contributed by atoms with van der Waals surface area (Å²) in [5.74, 6) is 0.508. The largest absolute Gasteiger partial charge is 2.00 e. The molecule has 0 saturated heterocycles. The molecule has 0 aliphatic rings. The Hall–Kier alpha value is -0.0917. The zero-order chi connectivity index (χ0) is 9.90. The molecule has 0 spiro atoms. The Bertz CT molecular complexity index is 246. The first-order valence-corrected chi connectivity index (χ1v) is 4.81. The van der Waals surface area contributed by atoms with Crippen LogP contribution in [-0.4, -0.2) is 0 Å². The summed E-state index contributed by atoms with van der Waals surface area (Å²) in [4.78, 5) is 0. The Morgan fingerprint density at radius 3 is 2.36 bits per heavy atom. The molecule has 1 aromatic carbocycles. The van der Waals surface area contributed by atoms with Crippen molar-refractivity contribution in [2.24, 2.45) is 5.41 Å². The molecule has 14 heavy (non-hydrogen) atoms. The molecule has 0 aliphatic carbocycles. The van der Waals surface area contributed by atoms with Crippen LogP contribution in [-0.2, 0) is 21.1 Å². The van der Waals surface area contributed by atoms with Gasteiger partial charge in [-0.2, -0.15) is 42.3 Å². The predicted molar refractivity (Wildman–Crippen MR) is 57.4 cm³/mol. The second-order valence-corrected chi connectivity index (χ2v) is 4.53. The molecule has 0 radical (unpaired) electrons. The van der Waals surface area contributed by atoms with Crippen molar-refractivity contribution in [3.63, 3.8) is 0 Å². The third-order valence-corrected chi connectivity index (χ3v) is 2.44. The minimum absolute atomic E-state index is 0. The van der Waals surface area contributed by atoms with Gasteiger partial charge in [0.2, 0.25) is 0 Å². The van der Waals surface area contributed by atoms with Gasteiger partial charge in [0.25, 0.3) is 0 Å². The standard InChI is InChI=1S/C13H18.W/c1-5-12(13(2,3)4)11-9-7-6-8-10-11;/h6-9,12H,1,5H2,2-4H3;/q-2;+2. The van der Waals surface area contributed by atoms with E-state index in [0.29, 0.717) is 5.92 Å². The molecule has 0 aliphatic heterocycles. The van der Waals surface area contributed by atoms with E-state index in [0.717, 1.165) is 6.42 Å². The number of rotatable bonds is 2. The maximum atomic E-state index is 4.01. The number of benzene rings is 1. The summed E-state index contributed by atoms with van der Waals surface area (Å²) >= 11 is 0. The van der Waals surface area contributed by atoms with Gasteiger partial charge in [-0.15, -0.1) is 0 Å². The van der Waals surface area contributed by atoms with Gasteiger partial charge in [0, 0.05) is 0 Å². The molecule has 0 N–H and O–H groups in total. The van der Waals surface area contributed by atoms with E-state index in [4.69, 9.17) is 0 Å². The van der Waals surface area contributed by atoms with Crippen molar-refractivity contribution in [1.29, 1.82) is 0 Å². The van der Waals surface area contributed by atoms with E-state index in [9.17, 15) is 0 Å². The van der Waals surface area contributed by atoms with Crippen molar-refractivity contribution in [1.82, 2.24) is 0 Å². The van der Waals surface area contributed by atoms with Crippen LogP contribution in [0.2, 0.25) is 0 Å². The first-order chi connectivity index (χ1) is 6.05. The molecule has 0 saturated carbocycles. The van der Waals surface area contributed by atoms with E-state index >= 15 is 0 Å². The average molecular weight is 358 g/mol. The first-order valence-electron chi connectivity index (χ1n) is 4.81. The Morgan fingerprint density at radius 2 is 2.00 bits per heavy atom. The third kappa shape index (κ3) is 3.58. The predicted octanol–water partition coefficient (Wildman–Crippen LogP) is 3.84. The van der Waals surface area contributed by atoms with Gasteiger partial charge >= 0.3 is 21.1 Å². The van der Waals surface area contributed by atoms with Crippen LogP contribution in [0, 0.1) is 18.4 Å². The van der Waals surface area contributed by atoms with E-state index in [1.54, 1.807) is 0 Å². The van der Waals surface area contributed by atoms with Crippen molar-refractivity contribution in [3.05, 3.63) is 42.8 Å². The van der Waals surface area contributed by atoms with E-state index in [-0.39, 0.29) is 26.5 Å². The Labute approximate surface area is 102 Å². The zero-order valence-electron chi connectivity index (χ0n) is 9.21. The molecule has 76 valence electrons. The van der Waals surface area contributed by atoms with Crippen LogP contribution in [0.5, 0.6) is 0 Å². The van der Waals surface area contributed by atoms with Crippen LogP contribution >= 0.6 is 0 Å². The minimum Gasteiger partial charge on any atom is -0.343 e. The van der Waals surface area contributed by atoms with E-state index in [1.807, 2.05) is 12.1 Å². The van der Waals surface area contributed by atoms with Gasteiger partial charge in [0.15, 0.2) is 0 Å². The van der Waals surface area contributed by atoms with Gasteiger partial charge in [0.1, 0.15) is 0 Å². The van der Waals surface area contributed by atoms with E-state index in [2.05, 4.69) is 45.9 Å². The minimum atomic E-state index is 0. The van der Waals surface area contributed by atoms with Crippen molar-refractivity contribution in [2.45, 2.75) is 33.1 Å². The molecule has 1 heteroatoms. The third-order valence-electron chi connectivity index (χ3n) is 2.44. The van der Waals surface area contributed by atoms with E-state index < -0.39 is 0 Å². The molecule has 1 aromatic rings. The van der Waals surface area contributed by atoms with Crippen molar-refractivity contribution >= 4 is 0 Å². The summed E-state index contributed by atoms with van der Waals surface area (Å²) in [5, 5.41) is 0. The normalized spacial score (nSPS) is 13.1. The monoisotopic (exact) mass is 358 g/mol. The molecule has 1 rings (SSSR count). The molecular weight excluding hydrogens is 340 g/mol. The maximum Gasteiger partial charge on any atom is 2.00 e. The fourth-order valence-corrected chi connectivity index (χ4v) is 1.68. The molecule has 1 atom stereocenters. The fourth-order valence-electron chi connectivity index (χ4n) is 1.68. The Kier molecular flexibility index (Phi) is 5.67. The quantitative estimate of drug-likeness (QED) is 0.705. The fraction of sp³-hybridized carbons (Fsp3) is 0.462. The molecule has 0 heterocycles. The average Bonchev–Trinajstić information content (AvgIpc) is 2.05. The summed E-state index contributed by atoms with van der Waals surface area (Å²) in [7, 11) is 0. The summed E-state index contributed by atoms with van der Waals surface area (Å²) < 4.78 is 0. The van der Waals surface area contributed by atoms with Gasteiger partial charge in [0.05, 0.1) is 0 Å².